The minimum Gasteiger partial charge on any atom is -0.492 e. The van der Waals surface area contributed by atoms with Gasteiger partial charge in [-0.2, -0.15) is 15.0 Å². The minimum absolute atomic E-state index is 0.110. The molecule has 7 nitrogen and oxygen atoms in total. The van der Waals surface area contributed by atoms with Crippen LogP contribution in [0.15, 0.2) is 18.5 Å². The zero-order valence-corrected chi connectivity index (χ0v) is 11.5. The van der Waals surface area contributed by atoms with Gasteiger partial charge in [-0.05, 0) is 19.4 Å². The first kappa shape index (κ1) is 14.0. The summed E-state index contributed by atoms with van der Waals surface area (Å²) in [6.07, 6.45) is 4.22. The first-order valence-electron chi connectivity index (χ1n) is 6.45. The molecule has 0 aromatic carbocycles. The molecular weight excluding hydrogens is 258 g/mol. The van der Waals surface area contributed by atoms with E-state index in [9.17, 15) is 0 Å². The average molecular weight is 275 g/mol. The third kappa shape index (κ3) is 3.53. The molecule has 0 amide bonds. The standard InChI is InChI=1S/C13H17N5O2/c1-3-5-20-10-6-9(7-15-8-10)11-16-12(14)18-13(17-11)19-4-2/h6-8H,3-5H2,1-2H3,(H2,14,16,17,18). The normalized spacial score (nSPS) is 10.3. The van der Waals surface area contributed by atoms with Gasteiger partial charge in [-0.15, -0.1) is 0 Å². The van der Waals surface area contributed by atoms with E-state index < -0.39 is 0 Å². The summed E-state index contributed by atoms with van der Waals surface area (Å²) in [7, 11) is 0. The number of nitrogens with two attached hydrogens (primary N) is 1. The molecule has 0 aliphatic rings. The van der Waals surface area contributed by atoms with Gasteiger partial charge in [0.15, 0.2) is 5.82 Å². The lowest BCUT2D eigenvalue weighted by atomic mass is 10.2. The summed E-state index contributed by atoms with van der Waals surface area (Å²) < 4.78 is 10.8. The van der Waals surface area contributed by atoms with Gasteiger partial charge in [0.2, 0.25) is 5.95 Å². The third-order valence-electron chi connectivity index (χ3n) is 2.35. The van der Waals surface area contributed by atoms with Gasteiger partial charge >= 0.3 is 6.01 Å². The Morgan fingerprint density at radius 3 is 2.70 bits per heavy atom. The van der Waals surface area contributed by atoms with E-state index in [1.54, 1.807) is 12.4 Å². The van der Waals surface area contributed by atoms with Crippen LogP contribution in [0.25, 0.3) is 11.4 Å². The molecule has 0 saturated carbocycles. The molecule has 2 rings (SSSR count). The molecule has 0 aliphatic carbocycles. The van der Waals surface area contributed by atoms with Crippen molar-refractivity contribution in [2.75, 3.05) is 18.9 Å². The van der Waals surface area contributed by atoms with Crippen LogP contribution < -0.4 is 15.2 Å². The molecule has 0 atom stereocenters. The summed E-state index contributed by atoms with van der Waals surface area (Å²) >= 11 is 0. The van der Waals surface area contributed by atoms with Gasteiger partial charge < -0.3 is 15.2 Å². The average Bonchev–Trinajstić information content (AvgIpc) is 2.45. The number of nitrogen functional groups attached to an aromatic ring is 1. The van der Waals surface area contributed by atoms with Gasteiger partial charge in [0.25, 0.3) is 0 Å². The second-order valence-electron chi connectivity index (χ2n) is 3.99. The summed E-state index contributed by atoms with van der Waals surface area (Å²) in [5.41, 5.74) is 6.35. The zero-order valence-electron chi connectivity index (χ0n) is 11.5. The van der Waals surface area contributed by atoms with Crippen LogP contribution in [0.5, 0.6) is 11.8 Å². The molecule has 0 unspecified atom stereocenters. The lowest BCUT2D eigenvalue weighted by molar-refractivity contribution is 0.312. The highest BCUT2D eigenvalue weighted by Gasteiger charge is 2.09. The predicted octanol–water partition coefficient (Wildman–Crippen LogP) is 1.70. The van der Waals surface area contributed by atoms with Gasteiger partial charge in [-0.25, -0.2) is 0 Å². The van der Waals surface area contributed by atoms with Crippen molar-refractivity contribution in [3.05, 3.63) is 18.5 Å². The van der Waals surface area contributed by atoms with E-state index in [1.165, 1.54) is 0 Å². The smallest absolute Gasteiger partial charge is 0.321 e. The molecule has 0 radical (unpaired) electrons. The van der Waals surface area contributed by atoms with Gasteiger partial charge in [0, 0.05) is 11.8 Å². The highest BCUT2D eigenvalue weighted by atomic mass is 16.5. The molecular formula is C13H17N5O2. The number of hydrogen-bond donors (Lipinski definition) is 1. The highest BCUT2D eigenvalue weighted by molar-refractivity contribution is 5.56. The van der Waals surface area contributed by atoms with Crippen molar-refractivity contribution in [2.45, 2.75) is 20.3 Å². The van der Waals surface area contributed by atoms with Crippen LogP contribution in [0, 0.1) is 0 Å². The number of rotatable bonds is 6. The van der Waals surface area contributed by atoms with Gasteiger partial charge in [0.1, 0.15) is 5.75 Å². The van der Waals surface area contributed by atoms with Crippen molar-refractivity contribution in [1.29, 1.82) is 0 Å². The minimum atomic E-state index is 0.110. The van der Waals surface area contributed by atoms with Gasteiger partial charge in [0.05, 0.1) is 19.4 Å². The molecule has 2 aromatic rings. The number of ether oxygens (including phenoxy) is 2. The highest BCUT2D eigenvalue weighted by Crippen LogP contribution is 2.21. The summed E-state index contributed by atoms with van der Waals surface area (Å²) in [6.45, 7) is 4.98. The van der Waals surface area contributed by atoms with E-state index in [-0.39, 0.29) is 12.0 Å². The maximum atomic E-state index is 5.65. The zero-order chi connectivity index (χ0) is 14.4. The SMILES string of the molecule is CCCOc1cncc(-c2nc(N)nc(OCC)n2)c1. The number of anilines is 1. The molecule has 2 N–H and O–H groups in total. The maximum absolute atomic E-state index is 5.65. The molecule has 20 heavy (non-hydrogen) atoms. The third-order valence-corrected chi connectivity index (χ3v) is 2.35. The molecule has 0 bridgehead atoms. The van der Waals surface area contributed by atoms with Crippen LogP contribution in [0.1, 0.15) is 20.3 Å². The van der Waals surface area contributed by atoms with Crippen LogP contribution in [-0.4, -0.2) is 33.1 Å². The van der Waals surface area contributed by atoms with Crippen molar-refractivity contribution < 1.29 is 9.47 Å². The van der Waals surface area contributed by atoms with Crippen molar-refractivity contribution in [2.24, 2.45) is 0 Å². The summed E-state index contributed by atoms with van der Waals surface area (Å²) in [5, 5.41) is 0. The fraction of sp³-hybridized carbons (Fsp3) is 0.385. The Morgan fingerprint density at radius 2 is 1.95 bits per heavy atom. The van der Waals surface area contributed by atoms with E-state index in [1.807, 2.05) is 19.9 Å². The Labute approximate surface area is 117 Å². The fourth-order valence-electron chi connectivity index (χ4n) is 1.53. The summed E-state index contributed by atoms with van der Waals surface area (Å²) in [4.78, 5) is 16.3. The monoisotopic (exact) mass is 275 g/mol. The first-order valence-corrected chi connectivity index (χ1v) is 6.45. The molecule has 0 spiro atoms. The van der Waals surface area contributed by atoms with Crippen LogP contribution >= 0.6 is 0 Å². The van der Waals surface area contributed by atoms with Gasteiger partial charge in [-0.1, -0.05) is 6.92 Å². The van der Waals surface area contributed by atoms with Crippen LogP contribution in [-0.2, 0) is 0 Å². The predicted molar refractivity (Wildman–Crippen MR) is 74.4 cm³/mol. The Hall–Kier alpha value is -2.44. The fourth-order valence-corrected chi connectivity index (χ4v) is 1.53. The summed E-state index contributed by atoms with van der Waals surface area (Å²) in [5.74, 6) is 1.19. The molecule has 0 aliphatic heterocycles. The lowest BCUT2D eigenvalue weighted by Gasteiger charge is -2.07. The first-order chi connectivity index (χ1) is 9.72. The quantitative estimate of drug-likeness (QED) is 0.857. The molecule has 0 saturated heterocycles. The summed E-state index contributed by atoms with van der Waals surface area (Å²) in [6, 6.07) is 2.02. The number of nitrogens with zero attached hydrogens (tertiary/aromatic N) is 4. The van der Waals surface area contributed by atoms with E-state index in [0.29, 0.717) is 30.4 Å². The number of pyridine rings is 1. The topological polar surface area (TPSA) is 96.0 Å². The molecule has 2 aromatic heterocycles. The molecule has 0 fully saturated rings. The maximum Gasteiger partial charge on any atom is 0.321 e. The lowest BCUT2D eigenvalue weighted by Crippen LogP contribution is -2.05. The second kappa shape index (κ2) is 6.65. The Bertz CT molecular complexity index is 576. The molecule has 2 heterocycles. The van der Waals surface area contributed by atoms with Crippen molar-refractivity contribution in [3.63, 3.8) is 0 Å². The van der Waals surface area contributed by atoms with Crippen molar-refractivity contribution in [1.82, 2.24) is 19.9 Å². The van der Waals surface area contributed by atoms with Crippen LogP contribution in [0.4, 0.5) is 5.95 Å². The number of hydrogen-bond acceptors (Lipinski definition) is 7. The van der Waals surface area contributed by atoms with E-state index in [4.69, 9.17) is 15.2 Å². The van der Waals surface area contributed by atoms with E-state index in [0.717, 1.165) is 6.42 Å². The van der Waals surface area contributed by atoms with Crippen molar-refractivity contribution >= 4 is 5.95 Å². The molecule has 7 heteroatoms. The second-order valence-corrected chi connectivity index (χ2v) is 3.99. The van der Waals surface area contributed by atoms with Crippen LogP contribution in [0.3, 0.4) is 0 Å². The van der Waals surface area contributed by atoms with Gasteiger partial charge in [-0.3, -0.25) is 4.98 Å². The van der Waals surface area contributed by atoms with E-state index >= 15 is 0 Å². The largest absolute Gasteiger partial charge is 0.492 e. The van der Waals surface area contributed by atoms with E-state index in [2.05, 4.69) is 19.9 Å². The Morgan fingerprint density at radius 1 is 1.10 bits per heavy atom. The Kier molecular flexibility index (Phi) is 4.65. The van der Waals surface area contributed by atoms with Crippen LogP contribution in [0.2, 0.25) is 0 Å². The van der Waals surface area contributed by atoms with Crippen molar-refractivity contribution in [3.8, 4) is 23.1 Å². The Balaban J connectivity index is 2.30. The number of aromatic nitrogens is 4. The molecule has 106 valence electrons.